The van der Waals surface area contributed by atoms with E-state index in [2.05, 4.69) is 53.3 Å². The van der Waals surface area contributed by atoms with Crippen LogP contribution in [0.1, 0.15) is 122 Å². The molecule has 5 aliphatic rings. The topological polar surface area (TPSA) is 89.6 Å². The van der Waals surface area contributed by atoms with Crippen LogP contribution >= 0.6 is 0 Å². The highest BCUT2D eigenvalue weighted by Crippen LogP contribution is 2.77. The van der Waals surface area contributed by atoms with Crippen molar-refractivity contribution in [2.75, 3.05) is 6.61 Å². The Hall–Kier alpha value is -2.11. The summed E-state index contributed by atoms with van der Waals surface area (Å²) in [5.74, 6) is 1.65. The van der Waals surface area contributed by atoms with E-state index in [0.29, 0.717) is 36.0 Å². The van der Waals surface area contributed by atoms with Gasteiger partial charge < -0.3 is 14.4 Å². The van der Waals surface area contributed by atoms with E-state index in [-0.39, 0.29) is 33.5 Å². The molecule has 0 bridgehead atoms. The number of carboxylic acids is 1. The number of carbonyl (C=O) groups is 2. The Bertz CT molecular complexity index is 1260. The first-order valence-corrected chi connectivity index (χ1v) is 15.7. The lowest BCUT2D eigenvalue weighted by Crippen LogP contribution is -2.66. The lowest BCUT2D eigenvalue weighted by Gasteiger charge is -2.72. The Kier molecular flexibility index (Phi) is 6.10. The molecule has 0 unspecified atom stereocenters. The zero-order valence-electron chi connectivity index (χ0n) is 25.7. The van der Waals surface area contributed by atoms with Crippen molar-refractivity contribution in [2.45, 2.75) is 112 Å². The molecule has 1 N–H and O–H groups in total. The summed E-state index contributed by atoms with van der Waals surface area (Å²) in [7, 11) is 0. The maximum absolute atomic E-state index is 12.9. The Labute approximate surface area is 239 Å². The highest BCUT2D eigenvalue weighted by molar-refractivity contribution is 5.89. The second kappa shape index (κ2) is 8.70. The van der Waals surface area contributed by atoms with Crippen molar-refractivity contribution in [2.24, 2.45) is 51.2 Å². The predicted octanol–water partition coefficient (Wildman–Crippen LogP) is 7.61. The summed E-state index contributed by atoms with van der Waals surface area (Å²) in [6.45, 7) is 20.7. The fourth-order valence-corrected chi connectivity index (χ4v) is 12.2. The number of rotatable bonds is 4. The summed E-state index contributed by atoms with van der Waals surface area (Å²) in [6.07, 6.45) is 8.71. The van der Waals surface area contributed by atoms with Gasteiger partial charge in [0.2, 0.25) is 0 Å². The summed E-state index contributed by atoms with van der Waals surface area (Å²) >= 11 is 0. The SMILES string of the molecule is C=C(C)[C@@H]1CC[C@]2(C(=O)O)CC[C@]3(C)[C@H](CC[C@@H]4[C@@]5(C)Cc6c(C(=O)OCC)noc6C(C)(C)[C@@H]5CC[C@]43C)[C@@H]12. The van der Waals surface area contributed by atoms with Gasteiger partial charge in [0.25, 0.3) is 0 Å². The fourth-order valence-electron chi connectivity index (χ4n) is 12.2. The lowest BCUT2D eigenvalue weighted by atomic mass is 9.32. The Balaban J connectivity index is 1.43. The minimum atomic E-state index is -0.600. The number of fused-ring (bicyclic) bond motifs is 8. The molecule has 0 spiro atoms. The van der Waals surface area contributed by atoms with Crippen molar-refractivity contribution in [1.82, 2.24) is 5.16 Å². The van der Waals surface area contributed by atoms with E-state index in [1.165, 1.54) is 5.57 Å². The van der Waals surface area contributed by atoms with E-state index in [1.54, 1.807) is 0 Å². The van der Waals surface area contributed by atoms with Crippen molar-refractivity contribution in [3.8, 4) is 0 Å². The van der Waals surface area contributed by atoms with Crippen LogP contribution in [0.15, 0.2) is 16.7 Å². The smallest absolute Gasteiger partial charge is 0.360 e. The van der Waals surface area contributed by atoms with Crippen molar-refractivity contribution < 1.29 is 24.0 Å². The number of carboxylic acid groups (broad SMARTS) is 1. The molecular weight excluding hydrogens is 502 g/mol. The van der Waals surface area contributed by atoms with Crippen LogP contribution in [0.3, 0.4) is 0 Å². The first-order valence-electron chi connectivity index (χ1n) is 15.7. The van der Waals surface area contributed by atoms with Crippen LogP contribution in [0, 0.1) is 51.2 Å². The summed E-state index contributed by atoms with van der Waals surface area (Å²) in [6, 6.07) is 0. The summed E-state index contributed by atoms with van der Waals surface area (Å²) in [5, 5.41) is 14.9. The maximum Gasteiger partial charge on any atom is 0.360 e. The molecule has 0 saturated heterocycles. The van der Waals surface area contributed by atoms with Gasteiger partial charge in [-0.1, -0.05) is 51.9 Å². The molecule has 0 aromatic carbocycles. The third kappa shape index (κ3) is 3.25. The molecule has 1 aromatic rings. The van der Waals surface area contributed by atoms with Crippen LogP contribution in [0.4, 0.5) is 0 Å². The minimum absolute atomic E-state index is 0.0188. The van der Waals surface area contributed by atoms with Gasteiger partial charge in [0.05, 0.1) is 12.0 Å². The second-order valence-electron chi connectivity index (χ2n) is 15.6. The monoisotopic (exact) mass is 551 g/mol. The number of carbonyl (C=O) groups excluding carboxylic acids is 1. The number of aliphatic carboxylic acids is 1. The van der Waals surface area contributed by atoms with Gasteiger partial charge in [-0.05, 0) is 117 Å². The van der Waals surface area contributed by atoms with Crippen molar-refractivity contribution in [1.29, 1.82) is 0 Å². The molecule has 0 radical (unpaired) electrons. The molecule has 220 valence electrons. The zero-order chi connectivity index (χ0) is 29.0. The van der Waals surface area contributed by atoms with Crippen LogP contribution in [-0.4, -0.2) is 28.8 Å². The molecular formula is C34H49NO5. The zero-order valence-corrected chi connectivity index (χ0v) is 25.7. The van der Waals surface area contributed by atoms with Crippen LogP contribution in [0.5, 0.6) is 0 Å². The number of hydrogen-bond acceptors (Lipinski definition) is 5. The summed E-state index contributed by atoms with van der Waals surface area (Å²) < 4.78 is 11.3. The lowest BCUT2D eigenvalue weighted by molar-refractivity contribution is -0.228. The van der Waals surface area contributed by atoms with Crippen LogP contribution in [0.25, 0.3) is 0 Å². The third-order valence-electron chi connectivity index (χ3n) is 14.0. The average molecular weight is 552 g/mol. The number of hydrogen-bond donors (Lipinski definition) is 1. The number of allylic oxidation sites excluding steroid dienone is 1. The standard InChI is InChI=1S/C34H49NO5/c1-9-39-28(36)26-21-18-31(6)23(30(4,5)27(21)40-35-26)13-14-33(8)24(31)11-10-22-25-20(19(2)3)12-15-34(25,29(37)38)17-16-32(22,33)7/h20,22-25H,2,9-18H2,1,3-8H3,(H,37,38)/t20-,22+,23-,24+,25+,31-,32+,33+,34-/m0/s1. The second-order valence-corrected chi connectivity index (χ2v) is 15.6. The number of nitrogens with zero attached hydrogens (tertiary/aromatic N) is 1. The third-order valence-corrected chi connectivity index (χ3v) is 14.0. The van der Waals surface area contributed by atoms with Gasteiger partial charge in [0.1, 0.15) is 5.76 Å². The molecule has 6 rings (SSSR count). The van der Waals surface area contributed by atoms with Crippen LogP contribution in [0.2, 0.25) is 0 Å². The molecule has 4 saturated carbocycles. The Morgan fingerprint density at radius 3 is 2.38 bits per heavy atom. The molecule has 9 atom stereocenters. The number of esters is 1. The first-order chi connectivity index (χ1) is 18.7. The van der Waals surface area contributed by atoms with Gasteiger partial charge in [-0.3, -0.25) is 4.79 Å². The van der Waals surface area contributed by atoms with Crippen molar-refractivity contribution in [3.05, 3.63) is 29.2 Å². The van der Waals surface area contributed by atoms with Gasteiger partial charge >= 0.3 is 11.9 Å². The minimum Gasteiger partial charge on any atom is -0.481 e. The van der Waals surface area contributed by atoms with Gasteiger partial charge in [-0.2, -0.15) is 0 Å². The Morgan fingerprint density at radius 1 is 1.00 bits per heavy atom. The van der Waals surface area contributed by atoms with E-state index in [9.17, 15) is 14.7 Å². The first kappa shape index (κ1) is 28.0. The van der Waals surface area contributed by atoms with E-state index >= 15 is 0 Å². The molecule has 6 nitrogen and oxygen atoms in total. The molecule has 5 aliphatic carbocycles. The van der Waals surface area contributed by atoms with Gasteiger partial charge in [-0.15, -0.1) is 0 Å². The largest absolute Gasteiger partial charge is 0.481 e. The van der Waals surface area contributed by atoms with Crippen LogP contribution < -0.4 is 0 Å². The van der Waals surface area contributed by atoms with Crippen molar-refractivity contribution >= 4 is 11.9 Å². The number of ether oxygens (including phenoxy) is 1. The van der Waals surface area contributed by atoms with E-state index in [0.717, 1.165) is 69.1 Å². The van der Waals surface area contributed by atoms with Crippen molar-refractivity contribution in [3.63, 3.8) is 0 Å². The van der Waals surface area contributed by atoms with Gasteiger partial charge in [0, 0.05) is 11.0 Å². The van der Waals surface area contributed by atoms with E-state index in [1.807, 2.05) is 6.92 Å². The summed E-state index contributed by atoms with van der Waals surface area (Å²) in [4.78, 5) is 25.8. The number of aromatic nitrogens is 1. The van der Waals surface area contributed by atoms with E-state index < -0.39 is 11.4 Å². The highest BCUT2D eigenvalue weighted by atomic mass is 16.5. The highest BCUT2D eigenvalue weighted by Gasteiger charge is 2.72. The summed E-state index contributed by atoms with van der Waals surface area (Å²) in [5.41, 5.74) is 1.77. The fraction of sp³-hybridized carbons (Fsp3) is 0.794. The predicted molar refractivity (Wildman–Crippen MR) is 153 cm³/mol. The quantitative estimate of drug-likeness (QED) is 0.306. The van der Waals surface area contributed by atoms with E-state index in [4.69, 9.17) is 9.26 Å². The van der Waals surface area contributed by atoms with Gasteiger partial charge in [-0.25, -0.2) is 4.79 Å². The molecule has 1 aromatic heterocycles. The molecule has 40 heavy (non-hydrogen) atoms. The average Bonchev–Trinajstić information content (AvgIpc) is 3.47. The molecule has 1 heterocycles. The molecule has 0 amide bonds. The maximum atomic E-state index is 12.9. The Morgan fingerprint density at radius 2 is 1.73 bits per heavy atom. The van der Waals surface area contributed by atoms with Gasteiger partial charge in [0.15, 0.2) is 5.69 Å². The normalized spacial score (nSPS) is 44.8. The molecule has 4 fully saturated rings. The molecule has 6 heteroatoms. The molecule has 0 aliphatic heterocycles. The van der Waals surface area contributed by atoms with Crippen LogP contribution in [-0.2, 0) is 21.4 Å².